The van der Waals surface area contributed by atoms with E-state index in [1.165, 1.54) is 10.4 Å². The van der Waals surface area contributed by atoms with E-state index in [1.54, 1.807) is 11.3 Å². The van der Waals surface area contributed by atoms with Gasteiger partial charge in [0.1, 0.15) is 5.82 Å². The van der Waals surface area contributed by atoms with E-state index in [4.69, 9.17) is 9.92 Å². The largest absolute Gasteiger partial charge is 0.384 e. The number of nitrogens with two attached hydrogens (primary N) is 1. The summed E-state index contributed by atoms with van der Waals surface area (Å²) in [5.41, 5.74) is 7.89. The smallest absolute Gasteiger partial charge is 0.123 e. The van der Waals surface area contributed by atoms with E-state index in [-0.39, 0.29) is 4.75 Å². The maximum Gasteiger partial charge on any atom is 0.123 e. The van der Waals surface area contributed by atoms with Gasteiger partial charge < -0.3 is 9.92 Å². The Balaban J connectivity index is 2.06. The second kappa shape index (κ2) is 5.99. The highest BCUT2D eigenvalue weighted by molar-refractivity contribution is 8.29. The minimum atomic E-state index is -1.08. The van der Waals surface area contributed by atoms with Crippen LogP contribution in [0.2, 0.25) is 0 Å². The van der Waals surface area contributed by atoms with Gasteiger partial charge in [-0.05, 0) is 41.7 Å². The van der Waals surface area contributed by atoms with Crippen molar-refractivity contribution in [3.8, 4) is 11.1 Å². The number of pyridine rings is 1. The van der Waals surface area contributed by atoms with Gasteiger partial charge in [-0.1, -0.05) is 20.8 Å². The number of hydrogen-bond acceptors (Lipinski definition) is 4. The zero-order valence-corrected chi connectivity index (χ0v) is 15.0. The van der Waals surface area contributed by atoms with Crippen molar-refractivity contribution in [3.05, 3.63) is 34.7 Å². The highest BCUT2D eigenvalue weighted by Gasteiger charge is 2.28. The number of hydrogen-bond donors (Lipinski definition) is 1. The molecular formula is C16H24N2OS2. The van der Waals surface area contributed by atoms with Crippen LogP contribution in [0, 0.1) is 0 Å². The molecule has 2 aromatic heterocycles. The first kappa shape index (κ1) is 16.3. The van der Waals surface area contributed by atoms with Gasteiger partial charge in [-0.25, -0.2) is 4.98 Å². The summed E-state index contributed by atoms with van der Waals surface area (Å²) in [6.45, 7) is 7.39. The highest BCUT2D eigenvalue weighted by Crippen LogP contribution is 2.54. The molecule has 0 fully saturated rings. The fraction of sp³-hybridized carbons (Fsp3) is 0.438. The van der Waals surface area contributed by atoms with Crippen molar-refractivity contribution in [3.63, 3.8) is 0 Å². The maximum atomic E-state index is 6.21. The van der Waals surface area contributed by atoms with E-state index in [0.717, 1.165) is 5.56 Å². The zero-order valence-electron chi connectivity index (χ0n) is 13.3. The number of rotatable bonds is 4. The average molecular weight is 325 g/mol. The van der Waals surface area contributed by atoms with E-state index < -0.39 is 10.3 Å². The molecule has 21 heavy (non-hydrogen) atoms. The summed E-state index contributed by atoms with van der Waals surface area (Å²) < 4.78 is 6.39. The molecule has 2 heterocycles. The Labute approximate surface area is 133 Å². The van der Waals surface area contributed by atoms with Gasteiger partial charge in [-0.15, -0.1) is 21.6 Å². The Morgan fingerprint density at radius 1 is 1.24 bits per heavy atom. The topological polar surface area (TPSA) is 48.1 Å². The van der Waals surface area contributed by atoms with E-state index in [0.29, 0.717) is 12.4 Å². The molecule has 0 amide bonds. The molecular weight excluding hydrogens is 300 g/mol. The van der Waals surface area contributed by atoms with Crippen LogP contribution in [0.5, 0.6) is 0 Å². The van der Waals surface area contributed by atoms with Crippen molar-refractivity contribution in [1.29, 1.82) is 0 Å². The number of aromatic nitrogens is 1. The van der Waals surface area contributed by atoms with Crippen LogP contribution in [0.15, 0.2) is 29.8 Å². The summed E-state index contributed by atoms with van der Waals surface area (Å²) in [5, 5.41) is 2.14. The van der Waals surface area contributed by atoms with Gasteiger partial charge in [0.05, 0.1) is 6.61 Å². The summed E-state index contributed by atoms with van der Waals surface area (Å²) in [5.74, 6) is 0.549. The molecule has 0 atom stereocenters. The van der Waals surface area contributed by atoms with Gasteiger partial charge in [-0.2, -0.15) is 0 Å². The maximum absolute atomic E-state index is 6.21. The molecule has 3 nitrogen and oxygen atoms in total. The van der Waals surface area contributed by atoms with Gasteiger partial charge in [0, 0.05) is 21.4 Å². The lowest BCUT2D eigenvalue weighted by molar-refractivity contribution is 0.343. The van der Waals surface area contributed by atoms with E-state index >= 15 is 0 Å². The van der Waals surface area contributed by atoms with Crippen LogP contribution in [0.4, 0.5) is 5.82 Å². The second-order valence-electron chi connectivity index (χ2n) is 6.38. The second-order valence-corrected chi connectivity index (χ2v) is 11.3. The van der Waals surface area contributed by atoms with Crippen molar-refractivity contribution in [1.82, 2.24) is 4.98 Å². The molecule has 2 rings (SSSR count). The zero-order chi connectivity index (χ0) is 15.7. The molecule has 0 saturated heterocycles. The van der Waals surface area contributed by atoms with E-state index in [1.807, 2.05) is 18.3 Å². The monoisotopic (exact) mass is 324 g/mol. The summed E-state index contributed by atoms with van der Waals surface area (Å²) in [7, 11) is -1.08. The van der Waals surface area contributed by atoms with Gasteiger partial charge in [0.15, 0.2) is 0 Å². The molecule has 0 aliphatic carbocycles. The lowest BCUT2D eigenvalue weighted by atomic mass is 10.1. The third-order valence-electron chi connectivity index (χ3n) is 3.74. The van der Waals surface area contributed by atoms with Crippen molar-refractivity contribution in [2.45, 2.75) is 32.1 Å². The predicted octanol–water partition coefficient (Wildman–Crippen LogP) is 4.69. The molecule has 0 aromatic carbocycles. The van der Waals surface area contributed by atoms with Crippen molar-refractivity contribution < 1.29 is 4.18 Å². The minimum Gasteiger partial charge on any atom is -0.384 e. The van der Waals surface area contributed by atoms with Crippen molar-refractivity contribution in [2.75, 3.05) is 18.2 Å². The normalized spacial score (nSPS) is 13.4. The molecule has 2 N–H and O–H groups in total. The molecule has 0 saturated carbocycles. The molecule has 0 aliphatic heterocycles. The van der Waals surface area contributed by atoms with Gasteiger partial charge in [0.25, 0.3) is 0 Å². The summed E-state index contributed by atoms with van der Waals surface area (Å²) in [4.78, 5) is 5.38. The average Bonchev–Trinajstić information content (AvgIpc) is 2.85. The quantitative estimate of drug-likeness (QED) is 0.888. The molecule has 0 radical (unpaired) electrons. The SMILES string of the molecule is CC(C)(C)S(C)(C)OCc1cc(-c2ccc(N)nc2)cs1. The van der Waals surface area contributed by atoms with Gasteiger partial charge >= 0.3 is 0 Å². The third-order valence-corrected chi connectivity index (χ3v) is 8.31. The summed E-state index contributed by atoms with van der Waals surface area (Å²) in [6.07, 6.45) is 6.27. The standard InChI is InChI=1S/C16H24N2OS2/c1-16(2,3)21(4,5)19-10-14-8-13(11-20-14)12-6-7-15(17)18-9-12/h6-9,11H,10H2,1-5H3,(H2,17,18). The first-order valence-electron chi connectivity index (χ1n) is 6.86. The number of anilines is 1. The predicted molar refractivity (Wildman–Crippen MR) is 95.9 cm³/mol. The van der Waals surface area contributed by atoms with Crippen LogP contribution < -0.4 is 5.73 Å². The van der Waals surface area contributed by atoms with Crippen LogP contribution in [-0.2, 0) is 10.8 Å². The minimum absolute atomic E-state index is 0.188. The lowest BCUT2D eigenvalue weighted by Crippen LogP contribution is -2.24. The Bertz CT molecular complexity index is 597. The Hall–Kier alpha value is -1.04. The molecule has 5 heteroatoms. The van der Waals surface area contributed by atoms with Crippen molar-refractivity contribution >= 4 is 27.5 Å². The van der Waals surface area contributed by atoms with E-state index in [2.05, 4.69) is 49.7 Å². The third kappa shape index (κ3) is 3.99. The molecule has 0 spiro atoms. The molecule has 0 aliphatic rings. The van der Waals surface area contributed by atoms with Gasteiger partial charge in [0.2, 0.25) is 0 Å². The molecule has 0 bridgehead atoms. The van der Waals surface area contributed by atoms with E-state index in [9.17, 15) is 0 Å². The molecule has 2 aromatic rings. The van der Waals surface area contributed by atoms with Crippen LogP contribution in [0.3, 0.4) is 0 Å². The first-order valence-corrected chi connectivity index (χ1v) is 10.1. The molecule has 116 valence electrons. The van der Waals surface area contributed by atoms with Crippen LogP contribution in [-0.4, -0.2) is 22.2 Å². The van der Waals surface area contributed by atoms with Crippen molar-refractivity contribution in [2.24, 2.45) is 0 Å². The Kier molecular flexibility index (Phi) is 4.66. The fourth-order valence-corrected chi connectivity index (χ4v) is 3.22. The summed E-state index contributed by atoms with van der Waals surface area (Å²) >= 11 is 1.73. The molecule has 0 unspecified atom stereocenters. The Morgan fingerprint density at radius 3 is 2.52 bits per heavy atom. The van der Waals surface area contributed by atoms with Gasteiger partial charge in [-0.3, -0.25) is 0 Å². The van der Waals surface area contributed by atoms with Crippen LogP contribution >= 0.6 is 21.6 Å². The number of nitrogens with zero attached hydrogens (tertiary/aromatic N) is 1. The first-order chi connectivity index (χ1) is 9.69. The summed E-state index contributed by atoms with van der Waals surface area (Å²) in [6, 6.07) is 6.01. The lowest BCUT2D eigenvalue weighted by Gasteiger charge is -2.43. The number of nitrogen functional groups attached to an aromatic ring is 1. The Morgan fingerprint density at radius 2 is 1.95 bits per heavy atom. The fourth-order valence-electron chi connectivity index (χ4n) is 1.57. The van der Waals surface area contributed by atoms with Crippen LogP contribution in [0.25, 0.3) is 11.1 Å². The number of thiophene rings is 1. The highest BCUT2D eigenvalue weighted by atomic mass is 32.3. The van der Waals surface area contributed by atoms with Crippen LogP contribution in [0.1, 0.15) is 25.6 Å².